The van der Waals surface area contributed by atoms with Crippen molar-refractivity contribution in [3.8, 4) is 5.75 Å². The van der Waals surface area contributed by atoms with Crippen LogP contribution in [0.4, 0.5) is 0 Å². The molecule has 3 aromatic rings. The number of rotatable bonds is 6. The fraction of sp³-hybridized carbons (Fsp3) is 0.211. The van der Waals surface area contributed by atoms with Crippen molar-refractivity contribution in [3.05, 3.63) is 77.0 Å². The minimum atomic E-state index is 0.0344. The van der Waals surface area contributed by atoms with E-state index < -0.39 is 0 Å². The molecule has 0 bridgehead atoms. The van der Waals surface area contributed by atoms with Crippen LogP contribution >= 0.6 is 0 Å². The SMILES string of the molecule is CC(=O)c1ccc(OCc2nnc(Cc3ccccc3)o2)c(C)c1. The molecule has 0 spiro atoms. The molecule has 0 atom stereocenters. The van der Waals surface area contributed by atoms with Crippen molar-refractivity contribution < 1.29 is 13.9 Å². The van der Waals surface area contributed by atoms with Crippen LogP contribution in [0.3, 0.4) is 0 Å². The van der Waals surface area contributed by atoms with Crippen LogP contribution in [-0.2, 0) is 13.0 Å². The van der Waals surface area contributed by atoms with Gasteiger partial charge in [-0.1, -0.05) is 30.3 Å². The summed E-state index contributed by atoms with van der Waals surface area (Å²) in [5.41, 5.74) is 2.68. The summed E-state index contributed by atoms with van der Waals surface area (Å²) < 4.78 is 11.3. The van der Waals surface area contributed by atoms with Gasteiger partial charge in [0.1, 0.15) is 5.75 Å². The van der Waals surface area contributed by atoms with Crippen LogP contribution in [0, 0.1) is 6.92 Å². The van der Waals surface area contributed by atoms with Gasteiger partial charge in [0, 0.05) is 5.56 Å². The molecular formula is C19H18N2O3. The molecule has 0 aliphatic heterocycles. The molecule has 0 saturated heterocycles. The van der Waals surface area contributed by atoms with Crippen molar-refractivity contribution in [2.24, 2.45) is 0 Å². The highest BCUT2D eigenvalue weighted by atomic mass is 16.5. The Hall–Kier alpha value is -2.95. The van der Waals surface area contributed by atoms with Crippen LogP contribution in [0.1, 0.15) is 40.2 Å². The van der Waals surface area contributed by atoms with Crippen molar-refractivity contribution in [1.29, 1.82) is 0 Å². The van der Waals surface area contributed by atoms with Crippen LogP contribution in [-0.4, -0.2) is 16.0 Å². The average molecular weight is 322 g/mol. The number of nitrogens with zero attached hydrogens (tertiary/aromatic N) is 2. The van der Waals surface area contributed by atoms with Gasteiger partial charge in [0.25, 0.3) is 5.89 Å². The first-order valence-electron chi connectivity index (χ1n) is 7.71. The number of Topliss-reactive ketones (excluding diaryl/α,β-unsaturated/α-hetero) is 1. The van der Waals surface area contributed by atoms with E-state index in [-0.39, 0.29) is 12.4 Å². The number of aryl methyl sites for hydroxylation is 1. The van der Waals surface area contributed by atoms with Crippen LogP contribution in [0.15, 0.2) is 52.9 Å². The summed E-state index contributed by atoms with van der Waals surface area (Å²) in [5, 5.41) is 8.05. The lowest BCUT2D eigenvalue weighted by molar-refractivity contribution is 0.101. The van der Waals surface area contributed by atoms with E-state index in [9.17, 15) is 4.79 Å². The number of aromatic nitrogens is 2. The van der Waals surface area contributed by atoms with Gasteiger partial charge >= 0.3 is 0 Å². The second-order valence-corrected chi connectivity index (χ2v) is 5.58. The molecule has 24 heavy (non-hydrogen) atoms. The second-order valence-electron chi connectivity index (χ2n) is 5.58. The maximum absolute atomic E-state index is 11.4. The summed E-state index contributed by atoms with van der Waals surface area (Å²) in [6, 6.07) is 15.3. The summed E-state index contributed by atoms with van der Waals surface area (Å²) in [6.07, 6.45) is 0.597. The van der Waals surface area contributed by atoms with E-state index in [0.29, 0.717) is 29.5 Å². The van der Waals surface area contributed by atoms with E-state index in [0.717, 1.165) is 11.1 Å². The number of benzene rings is 2. The molecule has 0 amide bonds. The van der Waals surface area contributed by atoms with Crippen LogP contribution in [0.25, 0.3) is 0 Å². The molecule has 0 saturated carbocycles. The predicted molar refractivity (Wildman–Crippen MR) is 89.1 cm³/mol. The van der Waals surface area contributed by atoms with E-state index in [1.54, 1.807) is 19.1 Å². The van der Waals surface area contributed by atoms with Gasteiger partial charge in [0.15, 0.2) is 12.4 Å². The number of hydrogen-bond donors (Lipinski definition) is 0. The largest absolute Gasteiger partial charge is 0.484 e. The topological polar surface area (TPSA) is 65.2 Å². The summed E-state index contributed by atoms with van der Waals surface area (Å²) in [7, 11) is 0. The van der Waals surface area contributed by atoms with Gasteiger partial charge in [-0.05, 0) is 43.2 Å². The molecule has 0 aliphatic rings. The molecular weight excluding hydrogens is 304 g/mol. The fourth-order valence-electron chi connectivity index (χ4n) is 2.36. The molecule has 1 aromatic heterocycles. The van der Waals surface area contributed by atoms with E-state index in [2.05, 4.69) is 10.2 Å². The standard InChI is InChI=1S/C19H18N2O3/c1-13-10-16(14(2)22)8-9-17(13)23-12-19-21-20-18(24-19)11-15-6-4-3-5-7-15/h3-10H,11-12H2,1-2H3. The quantitative estimate of drug-likeness (QED) is 0.647. The number of carbonyl (C=O) groups is 1. The van der Waals surface area contributed by atoms with Crippen molar-refractivity contribution >= 4 is 5.78 Å². The third-order valence-electron chi connectivity index (χ3n) is 3.64. The molecule has 5 heteroatoms. The summed E-state index contributed by atoms with van der Waals surface area (Å²) in [5.74, 6) is 1.72. The number of hydrogen-bond acceptors (Lipinski definition) is 5. The first kappa shape index (κ1) is 15.9. The molecule has 0 N–H and O–H groups in total. The zero-order chi connectivity index (χ0) is 16.9. The Labute approximate surface area is 140 Å². The zero-order valence-corrected chi connectivity index (χ0v) is 13.7. The van der Waals surface area contributed by atoms with Crippen molar-refractivity contribution in [2.45, 2.75) is 26.9 Å². The minimum absolute atomic E-state index is 0.0344. The third-order valence-corrected chi connectivity index (χ3v) is 3.64. The highest BCUT2D eigenvalue weighted by Gasteiger charge is 2.09. The lowest BCUT2D eigenvalue weighted by atomic mass is 10.1. The zero-order valence-electron chi connectivity index (χ0n) is 13.7. The molecule has 0 fully saturated rings. The smallest absolute Gasteiger partial charge is 0.253 e. The van der Waals surface area contributed by atoms with Gasteiger partial charge in [0.2, 0.25) is 5.89 Å². The highest BCUT2D eigenvalue weighted by molar-refractivity contribution is 5.94. The van der Waals surface area contributed by atoms with Gasteiger partial charge in [-0.2, -0.15) is 0 Å². The van der Waals surface area contributed by atoms with Gasteiger partial charge in [-0.25, -0.2) is 0 Å². The Balaban J connectivity index is 1.62. The monoisotopic (exact) mass is 322 g/mol. The summed E-state index contributed by atoms with van der Waals surface area (Å²) in [4.78, 5) is 11.4. The summed E-state index contributed by atoms with van der Waals surface area (Å²) in [6.45, 7) is 3.64. The maximum Gasteiger partial charge on any atom is 0.253 e. The number of carbonyl (C=O) groups excluding carboxylic acids is 1. The maximum atomic E-state index is 11.4. The molecule has 0 radical (unpaired) electrons. The van der Waals surface area contributed by atoms with E-state index >= 15 is 0 Å². The molecule has 122 valence electrons. The van der Waals surface area contributed by atoms with Gasteiger partial charge < -0.3 is 9.15 Å². The number of ketones is 1. The lowest BCUT2D eigenvalue weighted by Crippen LogP contribution is -1.99. The van der Waals surface area contributed by atoms with Crippen LogP contribution in [0.2, 0.25) is 0 Å². The lowest BCUT2D eigenvalue weighted by Gasteiger charge is -2.08. The van der Waals surface area contributed by atoms with Crippen LogP contribution < -0.4 is 4.74 Å². The second kappa shape index (κ2) is 7.08. The Morgan fingerprint density at radius 1 is 1.08 bits per heavy atom. The van der Waals surface area contributed by atoms with E-state index in [4.69, 9.17) is 9.15 Å². The molecule has 3 rings (SSSR count). The molecule has 5 nitrogen and oxygen atoms in total. The highest BCUT2D eigenvalue weighted by Crippen LogP contribution is 2.20. The Kier molecular flexibility index (Phi) is 4.70. The first-order chi connectivity index (χ1) is 11.6. The number of ether oxygens (including phenoxy) is 1. The van der Waals surface area contributed by atoms with Crippen molar-refractivity contribution in [1.82, 2.24) is 10.2 Å². The Morgan fingerprint density at radius 3 is 2.54 bits per heavy atom. The first-order valence-corrected chi connectivity index (χ1v) is 7.71. The fourth-order valence-corrected chi connectivity index (χ4v) is 2.36. The van der Waals surface area contributed by atoms with E-state index in [1.807, 2.05) is 43.3 Å². The molecule has 0 unspecified atom stereocenters. The van der Waals surface area contributed by atoms with E-state index in [1.165, 1.54) is 0 Å². The predicted octanol–water partition coefficient (Wildman–Crippen LogP) is 3.75. The third kappa shape index (κ3) is 3.87. The minimum Gasteiger partial charge on any atom is -0.484 e. The van der Waals surface area contributed by atoms with Crippen molar-refractivity contribution in [3.63, 3.8) is 0 Å². The normalized spacial score (nSPS) is 10.6. The molecule has 0 aliphatic carbocycles. The van der Waals surface area contributed by atoms with Gasteiger partial charge in [-0.3, -0.25) is 4.79 Å². The van der Waals surface area contributed by atoms with Gasteiger partial charge in [0.05, 0.1) is 6.42 Å². The van der Waals surface area contributed by atoms with Crippen molar-refractivity contribution in [2.75, 3.05) is 0 Å². The molecule has 1 heterocycles. The molecule has 2 aromatic carbocycles. The Morgan fingerprint density at radius 2 is 1.83 bits per heavy atom. The Bertz CT molecular complexity index is 841. The summed E-state index contributed by atoms with van der Waals surface area (Å²) >= 11 is 0. The average Bonchev–Trinajstić information content (AvgIpc) is 3.02. The van der Waals surface area contributed by atoms with Crippen LogP contribution in [0.5, 0.6) is 5.75 Å². The van der Waals surface area contributed by atoms with Gasteiger partial charge in [-0.15, -0.1) is 10.2 Å².